The number of fused-ring (bicyclic) bond motifs is 1. The van der Waals surface area contributed by atoms with Crippen molar-refractivity contribution >= 4 is 5.97 Å². The Morgan fingerprint density at radius 2 is 1.87 bits per heavy atom. The van der Waals surface area contributed by atoms with E-state index in [-0.39, 0.29) is 12.5 Å². The second-order valence-corrected chi connectivity index (χ2v) is 6.18. The van der Waals surface area contributed by atoms with Crippen molar-refractivity contribution in [3.8, 4) is 0 Å². The Morgan fingerprint density at radius 1 is 1.13 bits per heavy atom. The van der Waals surface area contributed by atoms with Gasteiger partial charge in [0.25, 0.3) is 0 Å². The van der Waals surface area contributed by atoms with E-state index in [0.29, 0.717) is 12.5 Å². The highest BCUT2D eigenvalue weighted by Crippen LogP contribution is 2.40. The Balaban J connectivity index is 1.88. The summed E-state index contributed by atoms with van der Waals surface area (Å²) in [7, 11) is 0. The molecule has 2 N–H and O–H groups in total. The van der Waals surface area contributed by atoms with Gasteiger partial charge in [0.15, 0.2) is 0 Å². The molecule has 0 amide bonds. The first-order valence-electron chi connectivity index (χ1n) is 8.33. The van der Waals surface area contributed by atoms with Crippen LogP contribution in [-0.4, -0.2) is 17.6 Å². The maximum atomic E-state index is 10.9. The van der Waals surface area contributed by atoms with Gasteiger partial charge in [-0.1, -0.05) is 54.6 Å². The Labute approximate surface area is 137 Å². The molecular formula is C20H23NO2. The monoisotopic (exact) mass is 309 g/mol. The van der Waals surface area contributed by atoms with Gasteiger partial charge in [0, 0.05) is 18.5 Å². The summed E-state index contributed by atoms with van der Waals surface area (Å²) in [6, 6.07) is 19.2. The van der Waals surface area contributed by atoms with Gasteiger partial charge in [0.2, 0.25) is 0 Å². The maximum absolute atomic E-state index is 10.9. The van der Waals surface area contributed by atoms with Crippen LogP contribution in [0.25, 0.3) is 0 Å². The zero-order valence-electron chi connectivity index (χ0n) is 13.2. The molecular weight excluding hydrogens is 286 g/mol. The molecule has 2 aromatic rings. The zero-order chi connectivity index (χ0) is 16.1. The van der Waals surface area contributed by atoms with Crippen LogP contribution in [0.5, 0.6) is 0 Å². The number of carboxylic acid groups (broad SMARTS) is 1. The fourth-order valence-electron chi connectivity index (χ4n) is 3.63. The van der Waals surface area contributed by atoms with Crippen molar-refractivity contribution < 1.29 is 9.90 Å². The molecule has 2 aromatic carbocycles. The minimum atomic E-state index is -0.756. The van der Waals surface area contributed by atoms with E-state index < -0.39 is 5.97 Å². The maximum Gasteiger partial charge on any atom is 0.304 e. The number of carbonyl (C=O) groups is 1. The van der Waals surface area contributed by atoms with Crippen molar-refractivity contribution in [1.82, 2.24) is 5.32 Å². The first-order chi connectivity index (χ1) is 11.3. The highest BCUT2D eigenvalue weighted by molar-refractivity contribution is 5.66. The van der Waals surface area contributed by atoms with E-state index in [9.17, 15) is 4.79 Å². The molecule has 1 aliphatic carbocycles. The number of hydrogen-bond donors (Lipinski definition) is 2. The highest BCUT2D eigenvalue weighted by atomic mass is 16.4. The van der Waals surface area contributed by atoms with Gasteiger partial charge < -0.3 is 10.4 Å². The van der Waals surface area contributed by atoms with Gasteiger partial charge in [0.1, 0.15) is 0 Å². The predicted octanol–water partition coefficient (Wildman–Crippen LogP) is 3.91. The predicted molar refractivity (Wildman–Crippen MR) is 91.6 cm³/mol. The summed E-state index contributed by atoms with van der Waals surface area (Å²) >= 11 is 0. The summed E-state index contributed by atoms with van der Waals surface area (Å²) in [4.78, 5) is 10.9. The molecule has 0 saturated heterocycles. The SMILES string of the molecule is O=C(O)CCNC(c1ccccc1)C1CCCc2ccccc21. The number of rotatable bonds is 6. The average molecular weight is 309 g/mol. The number of hydrogen-bond acceptors (Lipinski definition) is 2. The second-order valence-electron chi connectivity index (χ2n) is 6.18. The number of aliphatic carboxylic acids is 1. The number of nitrogens with one attached hydrogen (secondary N) is 1. The van der Waals surface area contributed by atoms with Gasteiger partial charge in [-0.3, -0.25) is 4.79 Å². The molecule has 0 fully saturated rings. The van der Waals surface area contributed by atoms with Crippen molar-refractivity contribution in [1.29, 1.82) is 0 Å². The first-order valence-corrected chi connectivity index (χ1v) is 8.33. The largest absolute Gasteiger partial charge is 0.481 e. The Hall–Kier alpha value is -2.13. The van der Waals surface area contributed by atoms with Crippen LogP contribution in [0.2, 0.25) is 0 Å². The molecule has 0 saturated carbocycles. The van der Waals surface area contributed by atoms with E-state index in [1.165, 1.54) is 23.1 Å². The van der Waals surface area contributed by atoms with E-state index in [4.69, 9.17) is 5.11 Å². The molecule has 0 aromatic heterocycles. The summed E-state index contributed by atoms with van der Waals surface area (Å²) in [5.41, 5.74) is 4.08. The number of benzene rings is 2. The lowest BCUT2D eigenvalue weighted by molar-refractivity contribution is -0.136. The summed E-state index contributed by atoms with van der Waals surface area (Å²) < 4.78 is 0. The van der Waals surface area contributed by atoms with Crippen LogP contribution in [0.15, 0.2) is 54.6 Å². The lowest BCUT2D eigenvalue weighted by Crippen LogP contribution is -2.31. The summed E-state index contributed by atoms with van der Waals surface area (Å²) in [6.45, 7) is 0.494. The number of carboxylic acids is 1. The molecule has 23 heavy (non-hydrogen) atoms. The normalized spacial score (nSPS) is 18.2. The van der Waals surface area contributed by atoms with Crippen LogP contribution in [0.3, 0.4) is 0 Å². The van der Waals surface area contributed by atoms with Gasteiger partial charge in [-0.05, 0) is 36.0 Å². The van der Waals surface area contributed by atoms with Crippen LogP contribution < -0.4 is 5.32 Å². The minimum Gasteiger partial charge on any atom is -0.481 e. The lowest BCUT2D eigenvalue weighted by atomic mass is 9.76. The van der Waals surface area contributed by atoms with Crippen molar-refractivity contribution in [2.45, 2.75) is 37.6 Å². The van der Waals surface area contributed by atoms with Crippen molar-refractivity contribution in [2.75, 3.05) is 6.54 Å². The molecule has 3 heteroatoms. The van der Waals surface area contributed by atoms with Crippen LogP contribution in [-0.2, 0) is 11.2 Å². The fourth-order valence-corrected chi connectivity index (χ4v) is 3.63. The second kappa shape index (κ2) is 7.42. The van der Waals surface area contributed by atoms with Gasteiger partial charge >= 0.3 is 5.97 Å². The smallest absolute Gasteiger partial charge is 0.304 e. The van der Waals surface area contributed by atoms with Gasteiger partial charge in [-0.2, -0.15) is 0 Å². The van der Waals surface area contributed by atoms with Crippen LogP contribution in [0.1, 0.15) is 47.9 Å². The van der Waals surface area contributed by atoms with Gasteiger partial charge in [-0.15, -0.1) is 0 Å². The molecule has 3 rings (SSSR count). The van der Waals surface area contributed by atoms with E-state index in [2.05, 4.69) is 53.8 Å². The van der Waals surface area contributed by atoms with Gasteiger partial charge in [0.05, 0.1) is 6.42 Å². The summed E-state index contributed by atoms with van der Waals surface area (Å²) in [5.74, 6) is -0.357. The molecule has 120 valence electrons. The van der Waals surface area contributed by atoms with Crippen LogP contribution in [0, 0.1) is 0 Å². The van der Waals surface area contributed by atoms with Crippen LogP contribution >= 0.6 is 0 Å². The van der Waals surface area contributed by atoms with Crippen LogP contribution in [0.4, 0.5) is 0 Å². The molecule has 0 heterocycles. The van der Waals surface area contributed by atoms with E-state index in [1.807, 2.05) is 6.07 Å². The highest BCUT2D eigenvalue weighted by Gasteiger charge is 2.28. The average Bonchev–Trinajstić information content (AvgIpc) is 2.59. The molecule has 2 unspecified atom stereocenters. The molecule has 0 radical (unpaired) electrons. The molecule has 0 bridgehead atoms. The molecule has 2 atom stereocenters. The standard InChI is InChI=1S/C20H23NO2/c22-19(23)13-14-21-20(16-8-2-1-3-9-16)18-12-6-10-15-7-4-5-11-17(15)18/h1-5,7-9,11,18,20-21H,6,10,12-14H2,(H,22,23). The Bertz CT molecular complexity index is 654. The quantitative estimate of drug-likeness (QED) is 0.850. The topological polar surface area (TPSA) is 49.3 Å². The third-order valence-corrected chi connectivity index (χ3v) is 4.68. The van der Waals surface area contributed by atoms with Crippen molar-refractivity contribution in [3.05, 3.63) is 71.3 Å². The molecule has 0 spiro atoms. The summed E-state index contributed by atoms with van der Waals surface area (Å²) in [6.07, 6.45) is 3.61. The Morgan fingerprint density at radius 3 is 2.65 bits per heavy atom. The third-order valence-electron chi connectivity index (χ3n) is 4.68. The third kappa shape index (κ3) is 3.80. The molecule has 3 nitrogen and oxygen atoms in total. The summed E-state index contributed by atoms with van der Waals surface area (Å²) in [5, 5.41) is 12.4. The van der Waals surface area contributed by atoms with Crippen molar-refractivity contribution in [3.63, 3.8) is 0 Å². The molecule has 0 aliphatic heterocycles. The van der Waals surface area contributed by atoms with E-state index in [1.54, 1.807) is 0 Å². The molecule has 1 aliphatic rings. The Kier molecular flexibility index (Phi) is 5.09. The first kappa shape index (κ1) is 15.8. The van der Waals surface area contributed by atoms with Gasteiger partial charge in [-0.25, -0.2) is 0 Å². The zero-order valence-corrected chi connectivity index (χ0v) is 13.2. The number of aryl methyl sites for hydroxylation is 1. The van der Waals surface area contributed by atoms with E-state index in [0.717, 1.165) is 12.8 Å². The fraction of sp³-hybridized carbons (Fsp3) is 0.350. The van der Waals surface area contributed by atoms with Crippen molar-refractivity contribution in [2.24, 2.45) is 0 Å². The minimum absolute atomic E-state index is 0.150. The lowest BCUT2D eigenvalue weighted by Gasteiger charge is -2.33. The van der Waals surface area contributed by atoms with E-state index >= 15 is 0 Å².